The number of alkyl halides is 3. The van der Waals surface area contributed by atoms with Gasteiger partial charge >= 0.3 is 12.1 Å². The molecule has 0 saturated heterocycles. The van der Waals surface area contributed by atoms with Gasteiger partial charge in [-0.15, -0.1) is 0 Å². The maximum absolute atomic E-state index is 13.2. The molecular formula is C24H26F3NO4. The van der Waals surface area contributed by atoms with Gasteiger partial charge in [0, 0.05) is 5.92 Å². The monoisotopic (exact) mass is 449 g/mol. The summed E-state index contributed by atoms with van der Waals surface area (Å²) in [6.45, 7) is 0. The zero-order valence-electron chi connectivity index (χ0n) is 18.2. The van der Waals surface area contributed by atoms with Crippen molar-refractivity contribution in [3.05, 3.63) is 59.7 Å². The zero-order chi connectivity index (χ0) is 23.3. The Balaban J connectivity index is 2.13. The van der Waals surface area contributed by atoms with Crippen molar-refractivity contribution >= 4 is 11.5 Å². The second-order valence-corrected chi connectivity index (χ2v) is 7.47. The minimum absolute atomic E-state index is 0.300. The van der Waals surface area contributed by atoms with Crippen LogP contribution in [0.4, 0.5) is 13.2 Å². The van der Waals surface area contributed by atoms with Crippen LogP contribution >= 0.6 is 0 Å². The SMILES string of the molecule is COc1cc(C(NC(=O)C(F)(F)F)C2CCCC=C2c2ccccc2)cc(OC)c1OC. The molecule has 0 aliphatic heterocycles. The van der Waals surface area contributed by atoms with Gasteiger partial charge in [0.1, 0.15) is 0 Å². The normalized spacial score (nSPS) is 17.2. The van der Waals surface area contributed by atoms with E-state index in [1.165, 1.54) is 21.3 Å². The van der Waals surface area contributed by atoms with Crippen LogP contribution in [-0.2, 0) is 4.79 Å². The van der Waals surface area contributed by atoms with Crippen molar-refractivity contribution in [2.75, 3.05) is 21.3 Å². The summed E-state index contributed by atoms with van der Waals surface area (Å²) in [5, 5.41) is 2.23. The Kier molecular flexibility index (Phi) is 7.33. The van der Waals surface area contributed by atoms with Gasteiger partial charge in [0.15, 0.2) is 11.5 Å². The Morgan fingerprint density at radius 1 is 1.03 bits per heavy atom. The molecule has 0 radical (unpaired) electrons. The molecule has 0 spiro atoms. The smallest absolute Gasteiger partial charge is 0.471 e. The molecule has 2 unspecified atom stereocenters. The largest absolute Gasteiger partial charge is 0.493 e. The second-order valence-electron chi connectivity index (χ2n) is 7.47. The predicted molar refractivity (Wildman–Crippen MR) is 115 cm³/mol. The number of benzene rings is 2. The average Bonchev–Trinajstić information content (AvgIpc) is 2.81. The second kappa shape index (κ2) is 9.97. The quantitative estimate of drug-likeness (QED) is 0.622. The highest BCUT2D eigenvalue weighted by molar-refractivity contribution is 5.83. The van der Waals surface area contributed by atoms with E-state index in [2.05, 4.69) is 5.32 Å². The molecular weight excluding hydrogens is 423 g/mol. The van der Waals surface area contributed by atoms with Crippen LogP contribution in [0.2, 0.25) is 0 Å². The molecule has 8 heteroatoms. The molecule has 2 atom stereocenters. The van der Waals surface area contributed by atoms with E-state index >= 15 is 0 Å². The van der Waals surface area contributed by atoms with E-state index in [9.17, 15) is 18.0 Å². The van der Waals surface area contributed by atoms with Gasteiger partial charge in [-0.05, 0) is 48.1 Å². The highest BCUT2D eigenvalue weighted by atomic mass is 19.4. The van der Waals surface area contributed by atoms with Gasteiger partial charge in [0.2, 0.25) is 5.75 Å². The van der Waals surface area contributed by atoms with Crippen molar-refractivity contribution in [3.8, 4) is 17.2 Å². The molecule has 32 heavy (non-hydrogen) atoms. The molecule has 0 aromatic heterocycles. The highest BCUT2D eigenvalue weighted by Crippen LogP contribution is 2.45. The zero-order valence-corrected chi connectivity index (χ0v) is 18.2. The maximum atomic E-state index is 13.2. The van der Waals surface area contributed by atoms with Gasteiger partial charge in [-0.3, -0.25) is 4.79 Å². The lowest BCUT2D eigenvalue weighted by atomic mass is 9.77. The number of allylic oxidation sites excluding steroid dienone is 1. The lowest BCUT2D eigenvalue weighted by molar-refractivity contribution is -0.174. The lowest BCUT2D eigenvalue weighted by Crippen LogP contribution is -2.42. The number of rotatable bonds is 7. The van der Waals surface area contributed by atoms with Crippen LogP contribution in [0.15, 0.2) is 48.5 Å². The molecule has 2 aromatic carbocycles. The maximum Gasteiger partial charge on any atom is 0.471 e. The number of methoxy groups -OCH3 is 3. The van der Waals surface area contributed by atoms with E-state index in [0.717, 1.165) is 24.0 Å². The van der Waals surface area contributed by atoms with Crippen LogP contribution in [0.1, 0.15) is 36.4 Å². The number of halogens is 3. The number of nitrogens with one attached hydrogen (secondary N) is 1. The van der Waals surface area contributed by atoms with E-state index in [0.29, 0.717) is 29.2 Å². The number of hydrogen-bond donors (Lipinski definition) is 1. The number of ether oxygens (including phenoxy) is 3. The van der Waals surface area contributed by atoms with Crippen LogP contribution in [0.25, 0.3) is 5.57 Å². The molecule has 1 aliphatic carbocycles. The fraction of sp³-hybridized carbons (Fsp3) is 0.375. The summed E-state index contributed by atoms with van der Waals surface area (Å²) in [4.78, 5) is 12.0. The Labute approximate surface area is 185 Å². The molecule has 2 aromatic rings. The van der Waals surface area contributed by atoms with E-state index in [-0.39, 0.29) is 5.92 Å². The molecule has 5 nitrogen and oxygen atoms in total. The van der Waals surface area contributed by atoms with Gasteiger partial charge in [0.05, 0.1) is 27.4 Å². The number of carbonyl (C=O) groups is 1. The van der Waals surface area contributed by atoms with Crippen molar-refractivity contribution < 1.29 is 32.2 Å². The van der Waals surface area contributed by atoms with Crippen molar-refractivity contribution in [1.29, 1.82) is 0 Å². The Bertz CT molecular complexity index is 948. The molecule has 172 valence electrons. The fourth-order valence-corrected chi connectivity index (χ4v) is 4.13. The van der Waals surface area contributed by atoms with Crippen LogP contribution < -0.4 is 19.5 Å². The number of amides is 1. The van der Waals surface area contributed by atoms with Crippen molar-refractivity contribution in [2.45, 2.75) is 31.5 Å². The summed E-state index contributed by atoms with van der Waals surface area (Å²) >= 11 is 0. The van der Waals surface area contributed by atoms with Crippen molar-refractivity contribution in [2.24, 2.45) is 5.92 Å². The summed E-state index contributed by atoms with van der Waals surface area (Å²) < 4.78 is 55.8. The van der Waals surface area contributed by atoms with E-state index in [1.807, 2.05) is 36.4 Å². The third kappa shape index (κ3) is 5.00. The highest BCUT2D eigenvalue weighted by Gasteiger charge is 2.42. The van der Waals surface area contributed by atoms with Crippen molar-refractivity contribution in [3.63, 3.8) is 0 Å². The summed E-state index contributed by atoms with van der Waals surface area (Å²) in [6, 6.07) is 11.7. The predicted octanol–water partition coefficient (Wildman–Crippen LogP) is 5.32. The summed E-state index contributed by atoms with van der Waals surface area (Å²) in [5.74, 6) is -1.44. The molecule has 3 rings (SSSR count). The van der Waals surface area contributed by atoms with Crippen LogP contribution in [0.5, 0.6) is 17.2 Å². The number of hydrogen-bond acceptors (Lipinski definition) is 4. The topological polar surface area (TPSA) is 56.8 Å². The van der Waals surface area contributed by atoms with E-state index in [4.69, 9.17) is 14.2 Å². The summed E-state index contributed by atoms with van der Waals surface area (Å²) in [5.41, 5.74) is 2.25. The number of carbonyl (C=O) groups excluding carboxylic acids is 1. The van der Waals surface area contributed by atoms with Gasteiger partial charge in [-0.1, -0.05) is 36.4 Å². The first-order chi connectivity index (χ1) is 15.3. The lowest BCUT2D eigenvalue weighted by Gasteiger charge is -2.34. The molecule has 1 aliphatic rings. The Morgan fingerprint density at radius 3 is 2.19 bits per heavy atom. The third-order valence-corrected chi connectivity index (χ3v) is 5.58. The average molecular weight is 449 g/mol. The van der Waals surface area contributed by atoms with Gasteiger partial charge in [0.25, 0.3) is 0 Å². The Hall–Kier alpha value is -3.16. The third-order valence-electron chi connectivity index (χ3n) is 5.58. The van der Waals surface area contributed by atoms with Crippen molar-refractivity contribution in [1.82, 2.24) is 5.32 Å². The molecule has 0 saturated carbocycles. The molecule has 0 heterocycles. The molecule has 1 N–H and O–H groups in total. The first-order valence-corrected chi connectivity index (χ1v) is 10.2. The fourth-order valence-electron chi connectivity index (χ4n) is 4.13. The molecule has 0 bridgehead atoms. The first-order valence-electron chi connectivity index (χ1n) is 10.2. The molecule has 0 fully saturated rings. The minimum atomic E-state index is -5.01. The standard InChI is InChI=1S/C24H26F3NO4/c1-30-19-13-16(14-20(31-2)22(19)32-3)21(28-23(29)24(25,26)27)18-12-8-7-11-17(18)15-9-5-4-6-10-15/h4-6,9-11,13-14,18,21H,7-8,12H2,1-3H3,(H,28,29). The van der Waals surface area contributed by atoms with Crippen LogP contribution in [0.3, 0.4) is 0 Å². The first kappa shape index (κ1) is 23.5. The summed E-state index contributed by atoms with van der Waals surface area (Å²) in [6.07, 6.45) is -0.752. The van der Waals surface area contributed by atoms with Gasteiger partial charge in [-0.25, -0.2) is 0 Å². The van der Waals surface area contributed by atoms with E-state index in [1.54, 1.807) is 12.1 Å². The van der Waals surface area contributed by atoms with Gasteiger partial charge in [-0.2, -0.15) is 13.2 Å². The minimum Gasteiger partial charge on any atom is -0.493 e. The van der Waals surface area contributed by atoms with Crippen LogP contribution in [0, 0.1) is 5.92 Å². The summed E-state index contributed by atoms with van der Waals surface area (Å²) in [7, 11) is 4.31. The Morgan fingerprint density at radius 2 is 1.66 bits per heavy atom. The van der Waals surface area contributed by atoms with Crippen LogP contribution in [-0.4, -0.2) is 33.4 Å². The molecule has 1 amide bonds. The van der Waals surface area contributed by atoms with E-state index < -0.39 is 18.1 Å². The van der Waals surface area contributed by atoms with Gasteiger partial charge < -0.3 is 19.5 Å².